The Balaban J connectivity index is 2.25. The van der Waals surface area contributed by atoms with E-state index in [-0.39, 0.29) is 10.2 Å². The molecule has 2 aromatic carbocycles. The maximum Gasteiger partial charge on any atom is 0.416 e. The lowest BCUT2D eigenvalue weighted by Gasteiger charge is -2.12. The predicted octanol–water partition coefficient (Wildman–Crippen LogP) is 4.93. The van der Waals surface area contributed by atoms with E-state index in [0.29, 0.717) is 11.4 Å². The van der Waals surface area contributed by atoms with Crippen LogP contribution >= 0.6 is 15.9 Å². The van der Waals surface area contributed by atoms with Crippen LogP contribution in [0.1, 0.15) is 5.56 Å². The lowest BCUT2D eigenvalue weighted by atomic mass is 10.2. The fourth-order valence-corrected chi connectivity index (χ4v) is 1.91. The van der Waals surface area contributed by atoms with Crippen LogP contribution in [0.3, 0.4) is 0 Å². The third kappa shape index (κ3) is 3.22. The van der Waals surface area contributed by atoms with Crippen LogP contribution in [0, 0.1) is 5.82 Å². The molecule has 106 valence electrons. The van der Waals surface area contributed by atoms with Gasteiger partial charge >= 0.3 is 6.18 Å². The van der Waals surface area contributed by atoms with E-state index >= 15 is 0 Å². The lowest BCUT2D eigenvalue weighted by molar-refractivity contribution is -0.137. The van der Waals surface area contributed by atoms with Crippen molar-refractivity contribution in [3.63, 3.8) is 0 Å². The molecule has 0 heterocycles. The molecule has 0 spiro atoms. The second-order valence-electron chi connectivity index (χ2n) is 4.05. The van der Waals surface area contributed by atoms with Gasteiger partial charge in [-0.15, -0.1) is 0 Å². The van der Waals surface area contributed by atoms with Crippen molar-refractivity contribution in [3.8, 4) is 0 Å². The van der Waals surface area contributed by atoms with Gasteiger partial charge in [-0.2, -0.15) is 13.2 Å². The molecule has 0 unspecified atom stereocenters. The number of nitrogens with two attached hydrogens (primary N) is 1. The highest BCUT2D eigenvalue weighted by Gasteiger charge is 2.29. The van der Waals surface area contributed by atoms with Crippen molar-refractivity contribution in [2.45, 2.75) is 6.18 Å². The Hall–Kier alpha value is -1.76. The summed E-state index contributed by atoms with van der Waals surface area (Å²) >= 11 is 3.01. The second-order valence-corrected chi connectivity index (χ2v) is 4.91. The van der Waals surface area contributed by atoms with Crippen LogP contribution < -0.4 is 11.1 Å². The molecule has 20 heavy (non-hydrogen) atoms. The van der Waals surface area contributed by atoms with Gasteiger partial charge in [-0.05, 0) is 46.3 Å². The smallest absolute Gasteiger partial charge is 0.397 e. The Bertz CT molecular complexity index is 624. The van der Waals surface area contributed by atoms with E-state index in [1.807, 2.05) is 0 Å². The Morgan fingerprint density at radius 1 is 1.05 bits per heavy atom. The van der Waals surface area contributed by atoms with Gasteiger partial charge in [0.1, 0.15) is 5.82 Å². The molecule has 7 heteroatoms. The SMILES string of the molecule is Nc1cc(F)c(Br)cc1Nc1ccc(C(F)(F)F)cc1. The van der Waals surface area contributed by atoms with E-state index in [9.17, 15) is 17.6 Å². The largest absolute Gasteiger partial charge is 0.416 e. The molecule has 0 aliphatic heterocycles. The average Bonchev–Trinajstić information content (AvgIpc) is 2.35. The van der Waals surface area contributed by atoms with Crippen molar-refractivity contribution in [2.24, 2.45) is 0 Å². The molecule has 0 atom stereocenters. The van der Waals surface area contributed by atoms with Gasteiger partial charge < -0.3 is 11.1 Å². The minimum atomic E-state index is -4.38. The molecule has 0 aromatic heterocycles. The van der Waals surface area contributed by atoms with Gasteiger partial charge in [0.25, 0.3) is 0 Å². The van der Waals surface area contributed by atoms with Crippen LogP contribution in [-0.4, -0.2) is 0 Å². The molecular formula is C13H9BrF4N2. The third-order valence-corrected chi connectivity index (χ3v) is 3.19. The van der Waals surface area contributed by atoms with Crippen LogP contribution in [0.2, 0.25) is 0 Å². The normalized spacial score (nSPS) is 11.4. The van der Waals surface area contributed by atoms with Crippen LogP contribution in [0.5, 0.6) is 0 Å². The Labute approximate surface area is 120 Å². The standard InChI is InChI=1S/C13H9BrF4N2/c14-9-5-12(11(19)6-10(9)15)20-8-3-1-7(2-4-8)13(16,17)18/h1-6,20H,19H2. The minimum Gasteiger partial charge on any atom is -0.397 e. The highest BCUT2D eigenvalue weighted by molar-refractivity contribution is 9.10. The van der Waals surface area contributed by atoms with E-state index in [1.165, 1.54) is 18.2 Å². The zero-order valence-corrected chi connectivity index (χ0v) is 11.5. The summed E-state index contributed by atoms with van der Waals surface area (Å²) in [4.78, 5) is 0. The number of anilines is 3. The molecule has 0 bridgehead atoms. The molecule has 0 amide bonds. The summed E-state index contributed by atoms with van der Waals surface area (Å²) in [6.07, 6.45) is -4.38. The van der Waals surface area contributed by atoms with E-state index < -0.39 is 17.6 Å². The minimum absolute atomic E-state index is 0.158. The predicted molar refractivity (Wildman–Crippen MR) is 73.2 cm³/mol. The first kappa shape index (κ1) is 14.6. The quantitative estimate of drug-likeness (QED) is 0.596. The van der Waals surface area contributed by atoms with E-state index in [0.717, 1.165) is 18.2 Å². The molecule has 0 aliphatic rings. The van der Waals surface area contributed by atoms with E-state index in [4.69, 9.17) is 5.73 Å². The van der Waals surface area contributed by atoms with Crippen molar-refractivity contribution in [1.82, 2.24) is 0 Å². The zero-order valence-electron chi connectivity index (χ0n) is 9.93. The van der Waals surface area contributed by atoms with Crippen molar-refractivity contribution in [2.75, 3.05) is 11.1 Å². The van der Waals surface area contributed by atoms with Gasteiger partial charge in [-0.1, -0.05) is 0 Å². The number of hydrogen-bond acceptors (Lipinski definition) is 2. The molecule has 0 fully saturated rings. The molecular weight excluding hydrogens is 340 g/mol. The molecule has 2 aromatic rings. The van der Waals surface area contributed by atoms with Crippen LogP contribution in [0.25, 0.3) is 0 Å². The van der Waals surface area contributed by atoms with Gasteiger partial charge in [0.2, 0.25) is 0 Å². The fourth-order valence-electron chi connectivity index (χ4n) is 1.57. The number of nitrogen functional groups attached to an aromatic ring is 1. The summed E-state index contributed by atoms with van der Waals surface area (Å²) < 4.78 is 50.7. The molecule has 0 saturated carbocycles. The maximum atomic E-state index is 13.2. The third-order valence-electron chi connectivity index (χ3n) is 2.58. The highest BCUT2D eigenvalue weighted by Crippen LogP contribution is 2.32. The van der Waals surface area contributed by atoms with Gasteiger partial charge in [0.15, 0.2) is 0 Å². The molecule has 3 N–H and O–H groups in total. The first-order valence-corrected chi connectivity index (χ1v) is 6.25. The summed E-state index contributed by atoms with van der Waals surface area (Å²) in [5.74, 6) is -0.513. The first-order valence-electron chi connectivity index (χ1n) is 5.46. The zero-order chi connectivity index (χ0) is 14.9. The number of nitrogens with one attached hydrogen (secondary N) is 1. The Kier molecular flexibility index (Phi) is 3.89. The topological polar surface area (TPSA) is 38.0 Å². The van der Waals surface area contributed by atoms with Crippen molar-refractivity contribution in [3.05, 3.63) is 52.3 Å². The summed E-state index contributed by atoms with van der Waals surface area (Å²) in [5.41, 5.74) is 5.87. The fraction of sp³-hybridized carbons (Fsp3) is 0.0769. The number of hydrogen-bond donors (Lipinski definition) is 2. The maximum absolute atomic E-state index is 13.2. The summed E-state index contributed by atoms with van der Waals surface area (Å²) in [6.45, 7) is 0. The van der Waals surface area contributed by atoms with E-state index in [2.05, 4.69) is 21.2 Å². The van der Waals surface area contributed by atoms with Crippen LogP contribution in [-0.2, 0) is 6.18 Å². The van der Waals surface area contributed by atoms with Crippen LogP contribution in [0.15, 0.2) is 40.9 Å². The Morgan fingerprint density at radius 2 is 1.65 bits per heavy atom. The van der Waals surface area contributed by atoms with Gasteiger partial charge in [0.05, 0.1) is 21.4 Å². The molecule has 0 radical (unpaired) electrons. The summed E-state index contributed by atoms with van der Waals surface area (Å²) in [6, 6.07) is 7.01. The molecule has 2 nitrogen and oxygen atoms in total. The highest BCUT2D eigenvalue weighted by atomic mass is 79.9. The van der Waals surface area contributed by atoms with Gasteiger partial charge in [-0.25, -0.2) is 4.39 Å². The number of alkyl halides is 3. The number of benzene rings is 2. The van der Waals surface area contributed by atoms with Crippen molar-refractivity contribution >= 4 is 33.0 Å². The monoisotopic (exact) mass is 348 g/mol. The molecule has 2 rings (SSSR count). The van der Waals surface area contributed by atoms with Crippen molar-refractivity contribution in [1.29, 1.82) is 0 Å². The summed E-state index contributed by atoms with van der Waals surface area (Å²) in [5, 5.41) is 2.83. The van der Waals surface area contributed by atoms with Crippen molar-refractivity contribution < 1.29 is 17.6 Å². The molecule has 0 saturated heterocycles. The van der Waals surface area contributed by atoms with E-state index in [1.54, 1.807) is 0 Å². The van der Waals surface area contributed by atoms with Crippen LogP contribution in [0.4, 0.5) is 34.6 Å². The van der Waals surface area contributed by atoms with Gasteiger partial charge in [-0.3, -0.25) is 0 Å². The molecule has 0 aliphatic carbocycles. The Morgan fingerprint density at radius 3 is 2.20 bits per heavy atom. The van der Waals surface area contributed by atoms with Gasteiger partial charge in [0, 0.05) is 11.8 Å². The number of halogens is 5. The number of rotatable bonds is 2. The lowest BCUT2D eigenvalue weighted by Crippen LogP contribution is -2.04. The first-order chi connectivity index (χ1) is 9.27. The second kappa shape index (κ2) is 5.32. The summed E-state index contributed by atoms with van der Waals surface area (Å²) in [7, 11) is 0. The average molecular weight is 349 g/mol.